The van der Waals surface area contributed by atoms with Crippen LogP contribution in [0.15, 0.2) is 42.3 Å². The third-order valence-electron chi connectivity index (χ3n) is 5.79. The zero-order valence-electron chi connectivity index (χ0n) is 17.9. The van der Waals surface area contributed by atoms with E-state index in [2.05, 4.69) is 92.5 Å². The van der Waals surface area contributed by atoms with Crippen LogP contribution in [0.3, 0.4) is 0 Å². The minimum atomic E-state index is 0.243. The minimum absolute atomic E-state index is 0.243. The molecule has 150 valence electrons. The highest BCUT2D eigenvalue weighted by Crippen LogP contribution is 2.40. The Morgan fingerprint density at radius 3 is 2.15 bits per heavy atom. The van der Waals surface area contributed by atoms with Crippen molar-refractivity contribution in [3.8, 4) is 0 Å². The molecule has 0 bridgehead atoms. The van der Waals surface area contributed by atoms with E-state index in [9.17, 15) is 0 Å². The molecule has 27 heavy (non-hydrogen) atoms. The van der Waals surface area contributed by atoms with Gasteiger partial charge in [0.2, 0.25) is 0 Å². The molecule has 1 nitrogen and oxygen atoms in total. The molecule has 0 heterocycles. The van der Waals surface area contributed by atoms with Crippen LogP contribution in [-0.4, -0.2) is 7.05 Å². The van der Waals surface area contributed by atoms with Crippen LogP contribution < -0.4 is 5.32 Å². The third kappa shape index (κ3) is 6.70. The molecule has 1 N–H and O–H groups in total. The summed E-state index contributed by atoms with van der Waals surface area (Å²) in [6.45, 7) is 18.8. The van der Waals surface area contributed by atoms with Gasteiger partial charge in [0.15, 0.2) is 0 Å². The summed E-state index contributed by atoms with van der Waals surface area (Å²) >= 11 is 2.33. The van der Waals surface area contributed by atoms with E-state index in [1.54, 1.807) is 8.93 Å². The lowest BCUT2D eigenvalue weighted by Crippen LogP contribution is -2.26. The average molecular weight is 498 g/mol. The Bertz CT molecular complexity index is 680. The Morgan fingerprint density at radius 2 is 1.78 bits per heavy atom. The van der Waals surface area contributed by atoms with E-state index in [4.69, 9.17) is 0 Å². The van der Waals surface area contributed by atoms with Crippen LogP contribution in [-0.2, 0) is 0 Å². The minimum Gasteiger partial charge on any atom is -0.387 e. The molecule has 0 aromatic heterocycles. The molecule has 1 aromatic carbocycles. The van der Waals surface area contributed by atoms with Crippen molar-refractivity contribution in [2.24, 2.45) is 10.8 Å². The standard InChI is InChI=1S/C15H18INS.C9H18/c1-3-11-9-13(12-7-5-4-6-8-12)10-14(17-2)15(11)18-16;1-7-9(5,6)8(2,3)4/h3,7,9-10,17H,1,4-6,8H2,2H3;7H,1H2,2-6H3. The largest absolute Gasteiger partial charge is 0.387 e. The SMILES string of the molecule is C=CC(C)(C)C(C)(C)C.C=Cc1cc(C2=CCCCC2)cc(NC)c1SI. The molecule has 3 heteroatoms. The van der Waals surface area contributed by atoms with Gasteiger partial charge in [-0.2, -0.15) is 0 Å². The first-order chi connectivity index (χ1) is 12.6. The van der Waals surface area contributed by atoms with Gasteiger partial charge >= 0.3 is 0 Å². The molecule has 0 saturated carbocycles. The lowest BCUT2D eigenvalue weighted by atomic mass is 9.70. The Labute approximate surface area is 183 Å². The number of nitrogens with one attached hydrogen (secondary N) is 1. The van der Waals surface area contributed by atoms with E-state index in [0.717, 1.165) is 0 Å². The monoisotopic (exact) mass is 497 g/mol. The number of anilines is 1. The molecule has 0 atom stereocenters. The number of hydrogen-bond acceptors (Lipinski definition) is 2. The van der Waals surface area contributed by atoms with Gasteiger partial charge in [-0.1, -0.05) is 68.4 Å². The van der Waals surface area contributed by atoms with Crippen molar-refractivity contribution < 1.29 is 0 Å². The van der Waals surface area contributed by atoms with Crippen molar-refractivity contribution in [2.45, 2.75) is 65.2 Å². The van der Waals surface area contributed by atoms with Gasteiger partial charge in [-0.3, -0.25) is 0 Å². The Hall–Kier alpha value is -0.680. The van der Waals surface area contributed by atoms with Crippen LogP contribution in [0.25, 0.3) is 11.6 Å². The maximum atomic E-state index is 3.94. The normalized spacial score (nSPS) is 14.6. The summed E-state index contributed by atoms with van der Waals surface area (Å²) in [6.07, 6.45) is 11.4. The van der Waals surface area contributed by atoms with Crippen molar-refractivity contribution in [1.29, 1.82) is 0 Å². The van der Waals surface area contributed by atoms with Crippen molar-refractivity contribution >= 4 is 47.5 Å². The summed E-state index contributed by atoms with van der Waals surface area (Å²) < 4.78 is 0. The molecule has 1 aromatic rings. The second kappa shape index (κ2) is 10.8. The van der Waals surface area contributed by atoms with Crippen molar-refractivity contribution in [1.82, 2.24) is 0 Å². The molecular weight excluding hydrogens is 461 g/mol. The van der Waals surface area contributed by atoms with Gasteiger partial charge in [0.1, 0.15) is 0 Å². The zero-order valence-corrected chi connectivity index (χ0v) is 20.9. The van der Waals surface area contributed by atoms with Crippen LogP contribution in [0.5, 0.6) is 0 Å². The van der Waals surface area contributed by atoms with E-state index < -0.39 is 0 Å². The highest BCUT2D eigenvalue weighted by atomic mass is 127. The number of rotatable bonds is 5. The topological polar surface area (TPSA) is 12.0 Å². The zero-order chi connectivity index (χ0) is 20.7. The first-order valence-electron chi connectivity index (χ1n) is 9.71. The highest BCUT2D eigenvalue weighted by Gasteiger charge is 2.28. The Balaban J connectivity index is 0.000000345. The number of hydrogen-bond donors (Lipinski definition) is 1. The lowest BCUT2D eigenvalue weighted by molar-refractivity contribution is 0.193. The average Bonchev–Trinajstić information content (AvgIpc) is 2.67. The summed E-state index contributed by atoms with van der Waals surface area (Å²) in [5.74, 6) is 0. The van der Waals surface area contributed by atoms with E-state index in [0.29, 0.717) is 5.41 Å². The summed E-state index contributed by atoms with van der Waals surface area (Å²) in [7, 11) is 3.73. The maximum Gasteiger partial charge on any atom is 0.0496 e. The molecule has 1 aliphatic rings. The van der Waals surface area contributed by atoms with Crippen molar-refractivity contribution in [3.63, 3.8) is 0 Å². The molecule has 0 unspecified atom stereocenters. The fourth-order valence-electron chi connectivity index (χ4n) is 2.67. The van der Waals surface area contributed by atoms with E-state index in [1.807, 2.05) is 19.2 Å². The fourth-order valence-corrected chi connectivity index (χ4v) is 4.62. The number of benzene rings is 1. The van der Waals surface area contributed by atoms with Gasteiger partial charge < -0.3 is 5.32 Å². The van der Waals surface area contributed by atoms with Gasteiger partial charge in [-0.05, 0) is 65.3 Å². The molecule has 0 spiro atoms. The summed E-state index contributed by atoms with van der Waals surface area (Å²) in [5, 5.41) is 3.30. The van der Waals surface area contributed by atoms with Crippen LogP contribution in [0, 0.1) is 10.8 Å². The van der Waals surface area contributed by atoms with Crippen LogP contribution >= 0.6 is 30.1 Å². The van der Waals surface area contributed by atoms with E-state index in [1.165, 1.54) is 53.0 Å². The maximum absolute atomic E-state index is 3.94. The van der Waals surface area contributed by atoms with Crippen LogP contribution in [0.2, 0.25) is 0 Å². The van der Waals surface area contributed by atoms with Crippen molar-refractivity contribution in [2.75, 3.05) is 12.4 Å². The Kier molecular flexibility index (Phi) is 9.70. The second-order valence-corrected chi connectivity index (χ2v) is 10.5. The predicted octanol–water partition coefficient (Wildman–Crippen LogP) is 9.02. The smallest absolute Gasteiger partial charge is 0.0496 e. The molecule has 0 saturated heterocycles. The molecule has 0 amide bonds. The molecule has 0 aliphatic heterocycles. The highest BCUT2D eigenvalue weighted by molar-refractivity contribution is 14.2. The first-order valence-corrected chi connectivity index (χ1v) is 13.1. The quantitative estimate of drug-likeness (QED) is 0.322. The second-order valence-electron chi connectivity index (χ2n) is 8.62. The summed E-state index contributed by atoms with van der Waals surface area (Å²) in [5.41, 5.74) is 5.84. The molecule has 0 radical (unpaired) electrons. The van der Waals surface area contributed by atoms with Crippen LogP contribution in [0.1, 0.15) is 71.4 Å². The molecule has 1 aliphatic carbocycles. The fraction of sp³-hybridized carbons (Fsp3) is 0.500. The van der Waals surface area contributed by atoms with E-state index in [-0.39, 0.29) is 5.41 Å². The summed E-state index contributed by atoms with van der Waals surface area (Å²) in [4.78, 5) is 1.27. The van der Waals surface area contributed by atoms with Gasteiger partial charge in [0, 0.05) is 38.8 Å². The molecule has 2 rings (SSSR count). The molecule has 0 fully saturated rings. The lowest BCUT2D eigenvalue weighted by Gasteiger charge is -2.35. The van der Waals surface area contributed by atoms with Gasteiger partial charge in [-0.15, -0.1) is 6.58 Å². The van der Waals surface area contributed by atoms with Gasteiger partial charge in [0.05, 0.1) is 0 Å². The predicted molar refractivity (Wildman–Crippen MR) is 136 cm³/mol. The number of halogens is 1. The third-order valence-corrected chi connectivity index (χ3v) is 7.72. The Morgan fingerprint density at radius 1 is 1.11 bits per heavy atom. The van der Waals surface area contributed by atoms with Gasteiger partial charge in [0.25, 0.3) is 0 Å². The van der Waals surface area contributed by atoms with Gasteiger partial charge in [-0.25, -0.2) is 0 Å². The first kappa shape index (κ1) is 24.4. The molecular formula is C24H36INS. The van der Waals surface area contributed by atoms with Crippen LogP contribution in [0.4, 0.5) is 5.69 Å². The van der Waals surface area contributed by atoms with Crippen molar-refractivity contribution in [3.05, 3.63) is 48.6 Å². The number of allylic oxidation sites excluding steroid dienone is 3. The van der Waals surface area contributed by atoms with E-state index >= 15 is 0 Å². The summed E-state index contributed by atoms with van der Waals surface area (Å²) in [6, 6.07) is 4.54.